The van der Waals surface area contributed by atoms with Gasteiger partial charge < -0.3 is 4.90 Å². The normalized spacial score (nSPS) is 11.4. The minimum Gasteiger partial charge on any atom is -0.328 e. The Morgan fingerprint density at radius 2 is 1.50 bits per heavy atom. The lowest BCUT2D eigenvalue weighted by Crippen LogP contribution is -2.29. The van der Waals surface area contributed by atoms with Crippen LogP contribution in [0.5, 0.6) is 0 Å². The number of thiophene rings is 2. The van der Waals surface area contributed by atoms with Gasteiger partial charge in [0.05, 0.1) is 18.0 Å². The molecule has 0 aliphatic carbocycles. The van der Waals surface area contributed by atoms with Crippen LogP contribution >= 0.6 is 22.7 Å². The quantitative estimate of drug-likeness (QED) is 0.652. The summed E-state index contributed by atoms with van der Waals surface area (Å²) in [6, 6.07) is 14.0. The van der Waals surface area contributed by atoms with E-state index in [1.54, 1.807) is 39.7 Å². The third kappa shape index (κ3) is 4.39. The van der Waals surface area contributed by atoms with Gasteiger partial charge in [0, 0.05) is 15.3 Å². The van der Waals surface area contributed by atoms with Gasteiger partial charge in [-0.2, -0.15) is 0 Å². The van der Waals surface area contributed by atoms with Crippen LogP contribution in [0, 0.1) is 0 Å². The van der Waals surface area contributed by atoms with Gasteiger partial charge in [0.15, 0.2) is 0 Å². The smallest absolute Gasteiger partial charge is 0.254 e. The Bertz CT molecular complexity index is 912. The first-order chi connectivity index (χ1) is 12.5. The molecular weight excluding hydrogens is 388 g/mol. The third-order valence-electron chi connectivity index (χ3n) is 3.82. The molecule has 2 heterocycles. The van der Waals surface area contributed by atoms with Crippen LogP contribution in [-0.4, -0.2) is 26.3 Å². The minimum atomic E-state index is -3.51. The predicted molar refractivity (Wildman–Crippen MR) is 105 cm³/mol. The third-order valence-corrected chi connectivity index (χ3v) is 6.97. The number of amides is 1. The molecule has 136 valence electrons. The van der Waals surface area contributed by atoms with Crippen molar-refractivity contribution in [2.24, 2.45) is 0 Å². The number of benzene rings is 1. The van der Waals surface area contributed by atoms with E-state index < -0.39 is 10.0 Å². The van der Waals surface area contributed by atoms with Crippen LogP contribution in [0.3, 0.4) is 0 Å². The first-order valence-electron chi connectivity index (χ1n) is 7.87. The van der Waals surface area contributed by atoms with E-state index in [9.17, 15) is 13.2 Å². The number of rotatable bonds is 7. The molecule has 0 radical (unpaired) electrons. The Balaban J connectivity index is 1.84. The van der Waals surface area contributed by atoms with Gasteiger partial charge in [0.25, 0.3) is 5.91 Å². The van der Waals surface area contributed by atoms with Crippen LogP contribution in [0.1, 0.15) is 20.1 Å². The van der Waals surface area contributed by atoms with Gasteiger partial charge >= 0.3 is 0 Å². The average Bonchev–Trinajstić information content (AvgIpc) is 3.35. The van der Waals surface area contributed by atoms with Gasteiger partial charge in [-0.05, 0) is 54.2 Å². The zero-order valence-electron chi connectivity index (χ0n) is 14.1. The molecule has 26 heavy (non-hydrogen) atoms. The molecule has 0 saturated carbocycles. The molecule has 8 heteroatoms. The summed E-state index contributed by atoms with van der Waals surface area (Å²) in [4.78, 5) is 17.1. The van der Waals surface area contributed by atoms with Crippen LogP contribution < -0.4 is 4.72 Å². The summed E-state index contributed by atoms with van der Waals surface area (Å²) >= 11 is 3.21. The molecule has 0 atom stereocenters. The molecule has 0 spiro atoms. The number of carbonyl (C=O) groups excluding carboxylic acids is 1. The molecule has 3 aromatic rings. The predicted octanol–water partition coefficient (Wildman–Crippen LogP) is 3.56. The molecule has 1 aromatic carbocycles. The standard InChI is InChI=1S/C18H18N2O3S3/c1-19-26(22,23)17-8-6-14(7-9-17)18(21)20(12-15-4-2-10-24-15)13-16-5-3-11-25-16/h2-11,19H,12-13H2,1H3. The summed E-state index contributed by atoms with van der Waals surface area (Å²) in [7, 11) is -2.16. The summed E-state index contributed by atoms with van der Waals surface area (Å²) < 4.78 is 25.9. The Morgan fingerprint density at radius 1 is 0.962 bits per heavy atom. The van der Waals surface area contributed by atoms with Crippen molar-refractivity contribution in [1.29, 1.82) is 0 Å². The number of nitrogens with zero attached hydrogens (tertiary/aromatic N) is 1. The average molecular weight is 407 g/mol. The monoisotopic (exact) mass is 406 g/mol. The summed E-state index contributed by atoms with van der Waals surface area (Å²) in [5, 5.41) is 3.97. The highest BCUT2D eigenvalue weighted by Gasteiger charge is 2.19. The van der Waals surface area contributed by atoms with E-state index in [0.717, 1.165) is 9.75 Å². The van der Waals surface area contributed by atoms with Crippen molar-refractivity contribution < 1.29 is 13.2 Å². The second kappa shape index (κ2) is 8.13. The summed E-state index contributed by atoms with van der Waals surface area (Å²) in [6.07, 6.45) is 0. The van der Waals surface area contributed by atoms with E-state index in [1.165, 1.54) is 19.2 Å². The maximum atomic E-state index is 13.0. The Labute approximate surface area is 161 Å². The topological polar surface area (TPSA) is 66.5 Å². The van der Waals surface area contributed by atoms with Crippen LogP contribution in [0.4, 0.5) is 0 Å². The zero-order chi connectivity index (χ0) is 18.6. The van der Waals surface area contributed by atoms with E-state index in [0.29, 0.717) is 18.7 Å². The fourth-order valence-electron chi connectivity index (χ4n) is 2.46. The molecule has 0 aliphatic rings. The maximum absolute atomic E-state index is 13.0. The molecule has 0 unspecified atom stereocenters. The van der Waals surface area contributed by atoms with Crippen LogP contribution in [-0.2, 0) is 23.1 Å². The first kappa shape index (κ1) is 18.8. The number of hydrogen-bond donors (Lipinski definition) is 1. The molecule has 0 aliphatic heterocycles. The molecule has 1 amide bonds. The van der Waals surface area contributed by atoms with Crippen molar-refractivity contribution in [2.45, 2.75) is 18.0 Å². The lowest BCUT2D eigenvalue weighted by Gasteiger charge is -2.22. The van der Waals surface area contributed by atoms with Gasteiger partial charge in [0.2, 0.25) is 10.0 Å². The van der Waals surface area contributed by atoms with Crippen molar-refractivity contribution in [3.05, 3.63) is 74.6 Å². The highest BCUT2D eigenvalue weighted by molar-refractivity contribution is 7.89. The fraction of sp³-hybridized carbons (Fsp3) is 0.167. The number of hydrogen-bond acceptors (Lipinski definition) is 5. The number of sulfonamides is 1. The van der Waals surface area contributed by atoms with Crippen molar-refractivity contribution in [3.8, 4) is 0 Å². The summed E-state index contributed by atoms with van der Waals surface area (Å²) in [5.74, 6) is -0.125. The van der Waals surface area contributed by atoms with Crippen molar-refractivity contribution in [2.75, 3.05) is 7.05 Å². The maximum Gasteiger partial charge on any atom is 0.254 e. The number of carbonyl (C=O) groups is 1. The van der Waals surface area contributed by atoms with E-state index in [2.05, 4.69) is 4.72 Å². The van der Waals surface area contributed by atoms with Crippen LogP contribution in [0.15, 0.2) is 64.2 Å². The van der Waals surface area contributed by atoms with Crippen LogP contribution in [0.2, 0.25) is 0 Å². The second-order valence-electron chi connectivity index (χ2n) is 5.55. The highest BCUT2D eigenvalue weighted by atomic mass is 32.2. The summed E-state index contributed by atoms with van der Waals surface area (Å²) in [6.45, 7) is 1.04. The van der Waals surface area contributed by atoms with E-state index in [1.807, 2.05) is 35.0 Å². The molecular formula is C18H18N2O3S3. The molecule has 1 N–H and O–H groups in total. The fourth-order valence-corrected chi connectivity index (χ4v) is 4.63. The molecule has 0 fully saturated rings. The molecule has 5 nitrogen and oxygen atoms in total. The lowest BCUT2D eigenvalue weighted by atomic mass is 10.2. The van der Waals surface area contributed by atoms with Gasteiger partial charge in [-0.1, -0.05) is 12.1 Å². The zero-order valence-corrected chi connectivity index (χ0v) is 16.5. The van der Waals surface area contributed by atoms with E-state index >= 15 is 0 Å². The highest BCUT2D eigenvalue weighted by Crippen LogP contribution is 2.20. The molecule has 0 saturated heterocycles. The second-order valence-corrected chi connectivity index (χ2v) is 9.50. The van der Waals surface area contributed by atoms with E-state index in [-0.39, 0.29) is 10.8 Å². The SMILES string of the molecule is CNS(=O)(=O)c1ccc(C(=O)N(Cc2cccs2)Cc2cccs2)cc1. The Hall–Kier alpha value is -2.00. The first-order valence-corrected chi connectivity index (χ1v) is 11.1. The Morgan fingerprint density at radius 3 is 1.92 bits per heavy atom. The van der Waals surface area contributed by atoms with Crippen molar-refractivity contribution in [1.82, 2.24) is 9.62 Å². The van der Waals surface area contributed by atoms with Crippen LogP contribution in [0.25, 0.3) is 0 Å². The van der Waals surface area contributed by atoms with Crippen molar-refractivity contribution >= 4 is 38.6 Å². The largest absolute Gasteiger partial charge is 0.328 e. The van der Waals surface area contributed by atoms with Gasteiger partial charge in [-0.25, -0.2) is 13.1 Å². The molecule has 3 rings (SSSR count). The van der Waals surface area contributed by atoms with E-state index in [4.69, 9.17) is 0 Å². The number of nitrogens with one attached hydrogen (secondary N) is 1. The Kier molecular flexibility index (Phi) is 5.87. The minimum absolute atomic E-state index is 0.125. The van der Waals surface area contributed by atoms with Gasteiger partial charge in [-0.3, -0.25) is 4.79 Å². The van der Waals surface area contributed by atoms with Crippen molar-refractivity contribution in [3.63, 3.8) is 0 Å². The lowest BCUT2D eigenvalue weighted by molar-refractivity contribution is 0.0733. The van der Waals surface area contributed by atoms with Gasteiger partial charge in [0.1, 0.15) is 0 Å². The molecule has 2 aromatic heterocycles. The molecule has 0 bridgehead atoms. The van der Waals surface area contributed by atoms with Gasteiger partial charge in [-0.15, -0.1) is 22.7 Å². The summed E-state index contributed by atoms with van der Waals surface area (Å²) in [5.41, 5.74) is 0.466.